The maximum Gasteiger partial charge on any atom is 0.0522 e. The molecule has 1 atom stereocenters. The van der Waals surface area contributed by atoms with E-state index in [1.54, 1.807) is 11.3 Å². The SMILES string of the molecule is Cc1cscc1C(N)Cc1cnn(C)c1. The molecule has 0 aromatic carbocycles. The minimum Gasteiger partial charge on any atom is -0.324 e. The summed E-state index contributed by atoms with van der Waals surface area (Å²) in [5.74, 6) is 0. The summed E-state index contributed by atoms with van der Waals surface area (Å²) in [6, 6.07) is 0.0837. The van der Waals surface area contributed by atoms with E-state index in [0.29, 0.717) is 0 Å². The maximum absolute atomic E-state index is 6.15. The first-order valence-electron chi connectivity index (χ1n) is 4.92. The highest BCUT2D eigenvalue weighted by Crippen LogP contribution is 2.22. The van der Waals surface area contributed by atoms with Crippen molar-refractivity contribution < 1.29 is 0 Å². The highest BCUT2D eigenvalue weighted by atomic mass is 32.1. The molecule has 1 unspecified atom stereocenters. The first kappa shape index (κ1) is 10.4. The summed E-state index contributed by atoms with van der Waals surface area (Å²) >= 11 is 1.71. The largest absolute Gasteiger partial charge is 0.324 e. The monoisotopic (exact) mass is 221 g/mol. The Kier molecular flexibility index (Phi) is 2.88. The summed E-state index contributed by atoms with van der Waals surface area (Å²) < 4.78 is 1.81. The zero-order valence-electron chi connectivity index (χ0n) is 8.97. The fourth-order valence-corrected chi connectivity index (χ4v) is 2.61. The van der Waals surface area contributed by atoms with Crippen molar-refractivity contribution in [3.05, 3.63) is 39.8 Å². The van der Waals surface area contributed by atoms with Crippen LogP contribution in [0.1, 0.15) is 22.7 Å². The minimum atomic E-state index is 0.0837. The van der Waals surface area contributed by atoms with Crippen LogP contribution in [0.2, 0.25) is 0 Å². The van der Waals surface area contributed by atoms with Crippen LogP contribution in [0.25, 0.3) is 0 Å². The summed E-state index contributed by atoms with van der Waals surface area (Å²) in [7, 11) is 1.92. The third kappa shape index (κ3) is 2.27. The summed E-state index contributed by atoms with van der Waals surface area (Å²) in [5, 5.41) is 8.41. The Morgan fingerprint density at radius 1 is 1.53 bits per heavy atom. The van der Waals surface area contributed by atoms with Gasteiger partial charge in [-0.25, -0.2) is 0 Å². The smallest absolute Gasteiger partial charge is 0.0522 e. The number of nitrogens with two attached hydrogens (primary N) is 1. The van der Waals surface area contributed by atoms with Gasteiger partial charge in [-0.05, 0) is 40.8 Å². The van der Waals surface area contributed by atoms with Gasteiger partial charge in [0.1, 0.15) is 0 Å². The molecule has 0 amide bonds. The zero-order valence-corrected chi connectivity index (χ0v) is 9.79. The number of thiophene rings is 1. The molecule has 4 heteroatoms. The molecule has 2 aromatic heterocycles. The van der Waals surface area contributed by atoms with Gasteiger partial charge in [0.05, 0.1) is 6.20 Å². The van der Waals surface area contributed by atoms with E-state index < -0.39 is 0 Å². The molecule has 3 nitrogen and oxygen atoms in total. The van der Waals surface area contributed by atoms with Gasteiger partial charge < -0.3 is 5.73 Å². The average Bonchev–Trinajstić information content (AvgIpc) is 2.75. The maximum atomic E-state index is 6.15. The Morgan fingerprint density at radius 2 is 2.33 bits per heavy atom. The topological polar surface area (TPSA) is 43.8 Å². The van der Waals surface area contributed by atoms with Crippen LogP contribution < -0.4 is 5.73 Å². The van der Waals surface area contributed by atoms with Crippen LogP contribution in [0.5, 0.6) is 0 Å². The molecule has 0 saturated heterocycles. The first-order chi connectivity index (χ1) is 7.16. The lowest BCUT2D eigenvalue weighted by Gasteiger charge is -2.09. The number of rotatable bonds is 3. The van der Waals surface area contributed by atoms with E-state index >= 15 is 0 Å². The summed E-state index contributed by atoms with van der Waals surface area (Å²) in [4.78, 5) is 0. The Bertz CT molecular complexity index is 444. The van der Waals surface area contributed by atoms with Crippen LogP contribution >= 0.6 is 11.3 Å². The molecule has 0 radical (unpaired) electrons. The summed E-state index contributed by atoms with van der Waals surface area (Å²) in [6.07, 6.45) is 4.74. The molecule has 0 fully saturated rings. The van der Waals surface area contributed by atoms with E-state index in [1.807, 2.05) is 24.1 Å². The lowest BCUT2D eigenvalue weighted by Crippen LogP contribution is -2.13. The van der Waals surface area contributed by atoms with Crippen LogP contribution in [0, 0.1) is 6.92 Å². The summed E-state index contributed by atoms with van der Waals surface area (Å²) in [6.45, 7) is 2.11. The quantitative estimate of drug-likeness (QED) is 0.862. The van der Waals surface area contributed by atoms with Crippen molar-refractivity contribution in [1.82, 2.24) is 9.78 Å². The number of aryl methyl sites for hydroxylation is 2. The fraction of sp³-hybridized carbons (Fsp3) is 0.364. The van der Waals surface area contributed by atoms with Crippen molar-refractivity contribution >= 4 is 11.3 Å². The van der Waals surface area contributed by atoms with Crippen molar-refractivity contribution in [2.45, 2.75) is 19.4 Å². The molecular formula is C11H15N3S. The van der Waals surface area contributed by atoms with Gasteiger partial charge in [-0.3, -0.25) is 4.68 Å². The van der Waals surface area contributed by atoms with Crippen LogP contribution in [-0.2, 0) is 13.5 Å². The van der Waals surface area contributed by atoms with Crippen molar-refractivity contribution in [2.75, 3.05) is 0 Å². The van der Waals surface area contributed by atoms with Gasteiger partial charge in [0.25, 0.3) is 0 Å². The van der Waals surface area contributed by atoms with E-state index in [1.165, 1.54) is 16.7 Å². The molecule has 0 aliphatic carbocycles. The second kappa shape index (κ2) is 4.16. The van der Waals surface area contributed by atoms with Gasteiger partial charge in [0, 0.05) is 19.3 Å². The molecule has 0 aliphatic heterocycles. The standard InChI is InChI=1S/C11H15N3S/c1-8-6-15-7-10(8)11(12)3-9-4-13-14(2)5-9/h4-7,11H,3,12H2,1-2H3. The highest BCUT2D eigenvalue weighted by molar-refractivity contribution is 7.08. The third-order valence-electron chi connectivity index (χ3n) is 2.51. The van der Waals surface area contributed by atoms with Gasteiger partial charge in [-0.1, -0.05) is 0 Å². The lowest BCUT2D eigenvalue weighted by atomic mass is 10.0. The molecule has 15 heavy (non-hydrogen) atoms. The van der Waals surface area contributed by atoms with Crippen molar-refractivity contribution in [3.63, 3.8) is 0 Å². The first-order valence-corrected chi connectivity index (χ1v) is 5.87. The second-order valence-corrected chi connectivity index (χ2v) is 4.59. The Labute approximate surface area is 93.5 Å². The number of hydrogen-bond acceptors (Lipinski definition) is 3. The Morgan fingerprint density at radius 3 is 2.87 bits per heavy atom. The van der Waals surface area contributed by atoms with Gasteiger partial charge in [0.15, 0.2) is 0 Å². The molecule has 0 spiro atoms. The molecule has 2 aromatic rings. The van der Waals surface area contributed by atoms with Gasteiger partial charge >= 0.3 is 0 Å². The normalized spacial score (nSPS) is 13.0. The molecule has 0 aliphatic rings. The second-order valence-electron chi connectivity index (χ2n) is 3.84. The van der Waals surface area contributed by atoms with Gasteiger partial charge in [-0.2, -0.15) is 16.4 Å². The molecule has 2 heterocycles. The Balaban J connectivity index is 2.10. The van der Waals surface area contributed by atoms with E-state index in [2.05, 4.69) is 22.8 Å². The van der Waals surface area contributed by atoms with Crippen LogP contribution in [0.3, 0.4) is 0 Å². The van der Waals surface area contributed by atoms with E-state index in [-0.39, 0.29) is 6.04 Å². The number of hydrogen-bond donors (Lipinski definition) is 1. The predicted molar refractivity (Wildman–Crippen MR) is 62.9 cm³/mol. The summed E-state index contributed by atoms with van der Waals surface area (Å²) in [5.41, 5.74) is 9.88. The van der Waals surface area contributed by atoms with Crippen molar-refractivity contribution in [3.8, 4) is 0 Å². The van der Waals surface area contributed by atoms with E-state index in [9.17, 15) is 0 Å². The zero-order chi connectivity index (χ0) is 10.8. The fourth-order valence-electron chi connectivity index (χ4n) is 1.69. The molecule has 80 valence electrons. The lowest BCUT2D eigenvalue weighted by molar-refractivity contribution is 0.717. The van der Waals surface area contributed by atoms with Crippen LogP contribution in [0.15, 0.2) is 23.2 Å². The third-order valence-corrected chi connectivity index (χ3v) is 3.39. The molecule has 0 saturated carbocycles. The van der Waals surface area contributed by atoms with E-state index in [4.69, 9.17) is 5.73 Å². The molecular weight excluding hydrogens is 206 g/mol. The number of nitrogens with zero attached hydrogens (tertiary/aromatic N) is 2. The van der Waals surface area contributed by atoms with Gasteiger partial charge in [0.2, 0.25) is 0 Å². The molecule has 2 rings (SSSR count). The van der Waals surface area contributed by atoms with E-state index in [0.717, 1.165) is 6.42 Å². The van der Waals surface area contributed by atoms with Crippen LogP contribution in [0.4, 0.5) is 0 Å². The molecule has 0 bridgehead atoms. The van der Waals surface area contributed by atoms with Crippen molar-refractivity contribution in [2.24, 2.45) is 12.8 Å². The molecule has 2 N–H and O–H groups in total. The number of aromatic nitrogens is 2. The minimum absolute atomic E-state index is 0.0837. The Hall–Kier alpha value is -1.13. The highest BCUT2D eigenvalue weighted by Gasteiger charge is 2.11. The van der Waals surface area contributed by atoms with Gasteiger partial charge in [-0.15, -0.1) is 0 Å². The van der Waals surface area contributed by atoms with Crippen LogP contribution in [-0.4, -0.2) is 9.78 Å². The predicted octanol–water partition coefficient (Wildman–Crippen LogP) is 2.03. The average molecular weight is 221 g/mol. The van der Waals surface area contributed by atoms with Crippen molar-refractivity contribution in [1.29, 1.82) is 0 Å².